The molecule has 2 heterocycles. The molecule has 1 atom stereocenters. The zero-order valence-corrected chi connectivity index (χ0v) is 17.2. The van der Waals surface area contributed by atoms with E-state index < -0.39 is 0 Å². The molecule has 2 aromatic carbocycles. The number of ether oxygens (including phenoxy) is 1. The van der Waals surface area contributed by atoms with E-state index >= 15 is 0 Å². The van der Waals surface area contributed by atoms with E-state index in [0.717, 1.165) is 24.0 Å². The summed E-state index contributed by atoms with van der Waals surface area (Å²) in [7, 11) is 0. The molecule has 0 aromatic heterocycles. The number of ketones is 1. The van der Waals surface area contributed by atoms with Gasteiger partial charge >= 0.3 is 0 Å². The van der Waals surface area contributed by atoms with Gasteiger partial charge in [0.2, 0.25) is 0 Å². The first kappa shape index (κ1) is 20.3. The van der Waals surface area contributed by atoms with E-state index in [1.54, 1.807) is 17.9 Å². The van der Waals surface area contributed by atoms with Crippen molar-refractivity contribution in [1.82, 2.24) is 9.80 Å². The Hall–Kier alpha value is -2.99. The molecule has 2 saturated heterocycles. The minimum absolute atomic E-state index is 0.0248. The van der Waals surface area contributed by atoms with Gasteiger partial charge in [-0.15, -0.1) is 0 Å². The fourth-order valence-electron chi connectivity index (χ4n) is 4.01. The maximum absolute atomic E-state index is 12.9. The number of hydrogen-bond acceptors (Lipinski definition) is 4. The molecule has 30 heavy (non-hydrogen) atoms. The molecule has 0 bridgehead atoms. The van der Waals surface area contributed by atoms with Gasteiger partial charge in [0, 0.05) is 43.9 Å². The molecule has 2 amide bonds. The van der Waals surface area contributed by atoms with Crippen molar-refractivity contribution >= 4 is 17.6 Å². The number of rotatable bonds is 4. The van der Waals surface area contributed by atoms with Crippen LogP contribution in [0.5, 0.6) is 0 Å². The van der Waals surface area contributed by atoms with Gasteiger partial charge in [-0.25, -0.2) is 0 Å². The molecule has 0 aliphatic carbocycles. The third kappa shape index (κ3) is 4.28. The van der Waals surface area contributed by atoms with E-state index in [-0.39, 0.29) is 23.7 Å². The average molecular weight is 406 g/mol. The first-order valence-electron chi connectivity index (χ1n) is 10.4. The van der Waals surface area contributed by atoms with E-state index in [0.29, 0.717) is 43.9 Å². The number of Topliss-reactive ketones (excluding diaryl/α,β-unsaturated/α-hetero) is 1. The number of benzene rings is 2. The maximum Gasteiger partial charge on any atom is 0.253 e. The number of piperazine rings is 1. The third-order valence-corrected chi connectivity index (χ3v) is 5.82. The van der Waals surface area contributed by atoms with Crippen LogP contribution in [0, 0.1) is 0 Å². The summed E-state index contributed by atoms with van der Waals surface area (Å²) >= 11 is 0. The van der Waals surface area contributed by atoms with E-state index in [9.17, 15) is 14.4 Å². The summed E-state index contributed by atoms with van der Waals surface area (Å²) in [6.45, 7) is 4.35. The molecule has 2 aromatic rings. The molecule has 2 aliphatic rings. The molecular formula is C24H26N2O4. The average Bonchev–Trinajstić information content (AvgIpc) is 3.33. The SMILES string of the molecule is CC(=O)c1cccc(-c2ccc(C(=O)N3CCN(C(=O)[C@@H]4CCCO4)CC3)cc2)c1. The smallest absolute Gasteiger partial charge is 0.253 e. The monoisotopic (exact) mass is 406 g/mol. The van der Waals surface area contributed by atoms with Gasteiger partial charge in [0.25, 0.3) is 11.8 Å². The van der Waals surface area contributed by atoms with Crippen LogP contribution in [0.25, 0.3) is 11.1 Å². The van der Waals surface area contributed by atoms with Crippen molar-refractivity contribution in [1.29, 1.82) is 0 Å². The molecule has 0 unspecified atom stereocenters. The summed E-state index contributed by atoms with van der Waals surface area (Å²) < 4.78 is 5.49. The van der Waals surface area contributed by atoms with Gasteiger partial charge in [-0.1, -0.05) is 30.3 Å². The van der Waals surface area contributed by atoms with Crippen molar-refractivity contribution < 1.29 is 19.1 Å². The van der Waals surface area contributed by atoms with Crippen molar-refractivity contribution in [3.05, 3.63) is 59.7 Å². The highest BCUT2D eigenvalue weighted by atomic mass is 16.5. The number of amides is 2. The molecule has 4 rings (SSSR count). The Morgan fingerprint density at radius 2 is 1.57 bits per heavy atom. The van der Waals surface area contributed by atoms with E-state index in [2.05, 4.69) is 0 Å². The highest BCUT2D eigenvalue weighted by Crippen LogP contribution is 2.22. The molecule has 0 radical (unpaired) electrons. The second kappa shape index (κ2) is 8.79. The van der Waals surface area contributed by atoms with E-state index in [1.807, 2.05) is 47.4 Å². The van der Waals surface area contributed by atoms with Crippen molar-refractivity contribution in [2.24, 2.45) is 0 Å². The highest BCUT2D eigenvalue weighted by Gasteiger charge is 2.31. The summed E-state index contributed by atoms with van der Waals surface area (Å²) in [6, 6.07) is 14.9. The lowest BCUT2D eigenvalue weighted by atomic mass is 10.0. The molecule has 6 heteroatoms. The second-order valence-corrected chi connectivity index (χ2v) is 7.83. The topological polar surface area (TPSA) is 66.9 Å². The lowest BCUT2D eigenvalue weighted by Crippen LogP contribution is -2.52. The van der Waals surface area contributed by atoms with Crippen molar-refractivity contribution in [3.63, 3.8) is 0 Å². The molecule has 0 spiro atoms. The number of carbonyl (C=O) groups excluding carboxylic acids is 3. The Labute approximate surface area is 176 Å². The largest absolute Gasteiger partial charge is 0.368 e. The molecule has 2 fully saturated rings. The van der Waals surface area contributed by atoms with Crippen LogP contribution in [0.3, 0.4) is 0 Å². The minimum atomic E-state index is -0.304. The Morgan fingerprint density at radius 1 is 0.867 bits per heavy atom. The minimum Gasteiger partial charge on any atom is -0.368 e. The lowest BCUT2D eigenvalue weighted by Gasteiger charge is -2.35. The Balaban J connectivity index is 1.38. The van der Waals surface area contributed by atoms with Crippen LogP contribution in [-0.4, -0.2) is 66.3 Å². The van der Waals surface area contributed by atoms with Gasteiger partial charge in [0.05, 0.1) is 0 Å². The second-order valence-electron chi connectivity index (χ2n) is 7.83. The van der Waals surface area contributed by atoms with Gasteiger partial charge in [0.15, 0.2) is 5.78 Å². The van der Waals surface area contributed by atoms with Crippen LogP contribution in [-0.2, 0) is 9.53 Å². The number of hydrogen-bond donors (Lipinski definition) is 0. The predicted octanol–water partition coefficient (Wildman–Crippen LogP) is 3.02. The van der Waals surface area contributed by atoms with Crippen LogP contribution in [0.15, 0.2) is 48.5 Å². The van der Waals surface area contributed by atoms with Crippen molar-refractivity contribution in [3.8, 4) is 11.1 Å². The predicted molar refractivity (Wildman–Crippen MR) is 113 cm³/mol. The Bertz CT molecular complexity index is 940. The van der Waals surface area contributed by atoms with Crippen LogP contribution < -0.4 is 0 Å². The fourth-order valence-corrected chi connectivity index (χ4v) is 4.01. The summed E-state index contributed by atoms with van der Waals surface area (Å²) in [6.07, 6.45) is 1.42. The van der Waals surface area contributed by atoms with Crippen molar-refractivity contribution in [2.75, 3.05) is 32.8 Å². The fraction of sp³-hybridized carbons (Fsp3) is 0.375. The zero-order chi connectivity index (χ0) is 21.1. The normalized spacial score (nSPS) is 19.0. The van der Waals surface area contributed by atoms with Gasteiger partial charge in [0.1, 0.15) is 6.10 Å². The molecule has 156 valence electrons. The van der Waals surface area contributed by atoms with E-state index in [1.165, 1.54) is 0 Å². The quantitative estimate of drug-likeness (QED) is 0.732. The van der Waals surface area contributed by atoms with Crippen LogP contribution in [0.4, 0.5) is 0 Å². The first-order chi connectivity index (χ1) is 14.5. The van der Waals surface area contributed by atoms with Crippen molar-refractivity contribution in [2.45, 2.75) is 25.9 Å². The Morgan fingerprint density at radius 3 is 2.20 bits per heavy atom. The highest BCUT2D eigenvalue weighted by molar-refractivity contribution is 5.96. The van der Waals surface area contributed by atoms with Gasteiger partial charge in [-0.05, 0) is 49.1 Å². The Kier molecular flexibility index (Phi) is 5.95. The van der Waals surface area contributed by atoms with Gasteiger partial charge in [-0.2, -0.15) is 0 Å². The number of nitrogens with zero attached hydrogens (tertiary/aromatic N) is 2. The van der Waals surface area contributed by atoms with Crippen LogP contribution in [0.1, 0.15) is 40.5 Å². The zero-order valence-electron chi connectivity index (χ0n) is 17.2. The maximum atomic E-state index is 12.9. The number of carbonyl (C=O) groups is 3. The molecular weight excluding hydrogens is 380 g/mol. The lowest BCUT2D eigenvalue weighted by molar-refractivity contribution is -0.142. The van der Waals surface area contributed by atoms with Gasteiger partial charge in [-0.3, -0.25) is 14.4 Å². The van der Waals surface area contributed by atoms with Crippen LogP contribution in [0.2, 0.25) is 0 Å². The molecule has 0 saturated carbocycles. The molecule has 0 N–H and O–H groups in total. The summed E-state index contributed by atoms with van der Waals surface area (Å²) in [4.78, 5) is 40.6. The van der Waals surface area contributed by atoms with Crippen LogP contribution >= 0.6 is 0 Å². The van der Waals surface area contributed by atoms with E-state index in [4.69, 9.17) is 4.74 Å². The summed E-state index contributed by atoms with van der Waals surface area (Å²) in [5, 5.41) is 0. The molecule has 2 aliphatic heterocycles. The summed E-state index contributed by atoms with van der Waals surface area (Å²) in [5.74, 6) is 0.0563. The standard InChI is InChI=1S/C24H26N2O4/c1-17(27)20-4-2-5-21(16-20)18-7-9-19(10-8-18)23(28)25-11-13-26(14-12-25)24(29)22-6-3-15-30-22/h2,4-5,7-10,16,22H,3,6,11-15H2,1H3/t22-/m0/s1. The van der Waals surface area contributed by atoms with Gasteiger partial charge < -0.3 is 14.5 Å². The third-order valence-electron chi connectivity index (χ3n) is 5.82. The summed E-state index contributed by atoms with van der Waals surface area (Å²) in [5.41, 5.74) is 3.20. The first-order valence-corrected chi connectivity index (χ1v) is 10.4. The molecule has 6 nitrogen and oxygen atoms in total.